The van der Waals surface area contributed by atoms with Crippen molar-refractivity contribution in [3.63, 3.8) is 0 Å². The van der Waals surface area contributed by atoms with Gasteiger partial charge in [-0.2, -0.15) is 0 Å². The van der Waals surface area contributed by atoms with Gasteiger partial charge in [0.2, 0.25) is 0 Å². The van der Waals surface area contributed by atoms with Crippen LogP contribution in [0.5, 0.6) is 5.75 Å². The van der Waals surface area contributed by atoms with Crippen molar-refractivity contribution >= 4 is 22.9 Å². The molecular weight excluding hydrogens is 425 g/mol. The quantitative estimate of drug-likeness (QED) is 0.569. The number of methoxy groups -OCH3 is 1. The standard InChI is InChI=1S/C25H28FN3O2S/c1-18(27-25(30)19-7-5-8-20(26)17-19)24(23-11-6-16-32-23)29-14-12-28(13-15-29)21-9-3-4-10-22(21)31-2/h3-11,16-18,24H,12-15H2,1-2H3,(H,27,30). The van der Waals surface area contributed by atoms with Crippen molar-refractivity contribution in [3.05, 3.63) is 82.3 Å². The van der Waals surface area contributed by atoms with Crippen LogP contribution >= 0.6 is 11.3 Å². The van der Waals surface area contributed by atoms with Crippen molar-refractivity contribution in [3.8, 4) is 5.75 Å². The average Bonchev–Trinajstić information content (AvgIpc) is 3.34. The fourth-order valence-electron chi connectivity index (χ4n) is 4.33. The third-order valence-electron chi connectivity index (χ3n) is 5.89. The van der Waals surface area contributed by atoms with Crippen LogP contribution in [-0.2, 0) is 0 Å². The number of halogens is 1. The van der Waals surface area contributed by atoms with E-state index in [0.717, 1.165) is 37.6 Å². The van der Waals surface area contributed by atoms with E-state index in [1.165, 1.54) is 17.0 Å². The minimum atomic E-state index is -0.410. The highest BCUT2D eigenvalue weighted by atomic mass is 32.1. The molecule has 2 atom stereocenters. The Morgan fingerprint density at radius 1 is 1.06 bits per heavy atom. The first kappa shape index (κ1) is 22.3. The van der Waals surface area contributed by atoms with Crippen molar-refractivity contribution < 1.29 is 13.9 Å². The van der Waals surface area contributed by atoms with Gasteiger partial charge in [0.15, 0.2) is 0 Å². The fraction of sp³-hybridized carbons (Fsp3) is 0.320. The first-order valence-corrected chi connectivity index (χ1v) is 11.7. The van der Waals surface area contributed by atoms with Crippen LogP contribution in [0.2, 0.25) is 0 Å². The highest BCUT2D eigenvalue weighted by molar-refractivity contribution is 7.10. The Labute approximate surface area is 192 Å². The van der Waals surface area contributed by atoms with Crippen LogP contribution in [0.1, 0.15) is 28.2 Å². The molecule has 0 aliphatic carbocycles. The number of hydrogen-bond acceptors (Lipinski definition) is 5. The SMILES string of the molecule is COc1ccccc1N1CCN(C(c2cccs2)C(C)NC(=O)c2cccc(F)c2)CC1. The molecule has 5 nitrogen and oxygen atoms in total. The zero-order valence-corrected chi connectivity index (χ0v) is 19.1. The van der Waals surface area contributed by atoms with Crippen molar-refractivity contribution in [2.45, 2.75) is 19.0 Å². The Hall–Kier alpha value is -2.90. The number of piperazine rings is 1. The summed E-state index contributed by atoms with van der Waals surface area (Å²) in [5, 5.41) is 5.16. The minimum Gasteiger partial charge on any atom is -0.495 e. The molecule has 1 aromatic heterocycles. The normalized spacial score (nSPS) is 16.4. The molecule has 168 valence electrons. The highest BCUT2D eigenvalue weighted by Gasteiger charge is 2.31. The average molecular weight is 454 g/mol. The Kier molecular flexibility index (Phi) is 7.07. The molecule has 0 radical (unpaired) electrons. The second-order valence-electron chi connectivity index (χ2n) is 7.93. The van der Waals surface area contributed by atoms with Gasteiger partial charge in [-0.3, -0.25) is 9.69 Å². The van der Waals surface area contributed by atoms with Crippen LogP contribution in [0.15, 0.2) is 66.0 Å². The monoisotopic (exact) mass is 453 g/mol. The van der Waals surface area contributed by atoms with E-state index >= 15 is 0 Å². The lowest BCUT2D eigenvalue weighted by atomic mass is 10.0. The number of thiophene rings is 1. The summed E-state index contributed by atoms with van der Waals surface area (Å²) in [4.78, 5) is 18.7. The number of hydrogen-bond donors (Lipinski definition) is 1. The summed E-state index contributed by atoms with van der Waals surface area (Å²) in [6.07, 6.45) is 0. The number of para-hydroxylation sites is 2. The molecule has 3 aromatic rings. The van der Waals surface area contributed by atoms with Crippen LogP contribution in [0.25, 0.3) is 0 Å². The van der Waals surface area contributed by atoms with Crippen molar-refractivity contribution in [1.29, 1.82) is 0 Å². The van der Waals surface area contributed by atoms with Gasteiger partial charge >= 0.3 is 0 Å². The minimum absolute atomic E-state index is 0.0485. The lowest BCUT2D eigenvalue weighted by Gasteiger charge is -2.42. The van der Waals surface area contributed by atoms with Crippen molar-refractivity contribution in [1.82, 2.24) is 10.2 Å². The summed E-state index contributed by atoms with van der Waals surface area (Å²) in [7, 11) is 1.70. The highest BCUT2D eigenvalue weighted by Crippen LogP contribution is 2.32. The van der Waals surface area contributed by atoms with Gasteiger partial charge in [0.25, 0.3) is 5.91 Å². The molecule has 1 saturated heterocycles. The van der Waals surface area contributed by atoms with Crippen LogP contribution < -0.4 is 15.0 Å². The van der Waals surface area contributed by atoms with Gasteiger partial charge in [0, 0.05) is 42.7 Å². The van der Waals surface area contributed by atoms with E-state index in [-0.39, 0.29) is 18.0 Å². The Balaban J connectivity index is 1.47. The summed E-state index contributed by atoms with van der Waals surface area (Å²) < 4.78 is 19.1. The number of ether oxygens (including phenoxy) is 1. The Bertz CT molecular complexity index is 1040. The second kappa shape index (κ2) is 10.1. The number of rotatable bonds is 7. The van der Waals surface area contributed by atoms with Crippen molar-refractivity contribution in [2.24, 2.45) is 0 Å². The Morgan fingerprint density at radius 3 is 2.53 bits per heavy atom. The number of nitrogens with zero attached hydrogens (tertiary/aromatic N) is 2. The first-order valence-electron chi connectivity index (χ1n) is 10.8. The zero-order valence-electron chi connectivity index (χ0n) is 18.3. The second-order valence-corrected chi connectivity index (χ2v) is 8.91. The van der Waals surface area contributed by atoms with Gasteiger partial charge in [-0.1, -0.05) is 24.3 Å². The number of nitrogens with one attached hydrogen (secondary N) is 1. The summed E-state index contributed by atoms with van der Waals surface area (Å²) >= 11 is 1.70. The maximum absolute atomic E-state index is 13.6. The van der Waals surface area contributed by atoms with Crippen LogP contribution in [0.3, 0.4) is 0 Å². The molecule has 32 heavy (non-hydrogen) atoms. The smallest absolute Gasteiger partial charge is 0.251 e. The number of amides is 1. The molecule has 7 heteroatoms. The lowest BCUT2D eigenvalue weighted by molar-refractivity contribution is 0.0890. The maximum Gasteiger partial charge on any atom is 0.251 e. The van der Waals surface area contributed by atoms with Crippen LogP contribution in [-0.4, -0.2) is 50.1 Å². The van der Waals surface area contributed by atoms with Crippen LogP contribution in [0, 0.1) is 5.82 Å². The van der Waals surface area contributed by atoms with Gasteiger partial charge in [-0.25, -0.2) is 4.39 Å². The van der Waals surface area contributed by atoms with Crippen molar-refractivity contribution in [2.75, 3.05) is 38.2 Å². The molecule has 1 fully saturated rings. The molecule has 2 aromatic carbocycles. The van der Waals surface area contributed by atoms with Crippen LogP contribution in [0.4, 0.5) is 10.1 Å². The molecule has 2 heterocycles. The summed E-state index contributed by atoms with van der Waals surface area (Å²) in [5.41, 5.74) is 1.44. The first-order chi connectivity index (χ1) is 15.6. The van der Waals surface area contributed by atoms with E-state index < -0.39 is 5.82 Å². The maximum atomic E-state index is 13.6. The topological polar surface area (TPSA) is 44.8 Å². The molecule has 0 spiro atoms. The molecule has 0 saturated carbocycles. The van der Waals surface area contributed by atoms with E-state index in [1.54, 1.807) is 30.6 Å². The zero-order chi connectivity index (χ0) is 22.5. The van der Waals surface area contributed by atoms with Gasteiger partial charge in [0.05, 0.1) is 18.8 Å². The molecule has 0 bridgehead atoms. The molecule has 1 aliphatic rings. The van der Waals surface area contributed by atoms with E-state index in [1.807, 2.05) is 31.2 Å². The fourth-order valence-corrected chi connectivity index (χ4v) is 5.30. The number of carbonyl (C=O) groups is 1. The summed E-state index contributed by atoms with van der Waals surface area (Å²) in [5.74, 6) is 0.213. The van der Waals surface area contributed by atoms with E-state index in [2.05, 4.69) is 32.6 Å². The number of benzene rings is 2. The third kappa shape index (κ3) is 4.95. The Morgan fingerprint density at radius 2 is 1.84 bits per heavy atom. The van der Waals surface area contributed by atoms with E-state index in [0.29, 0.717) is 5.56 Å². The van der Waals surface area contributed by atoms with Gasteiger partial charge < -0.3 is 15.0 Å². The summed E-state index contributed by atoms with van der Waals surface area (Å²) in [6, 6.07) is 18.0. The van der Waals surface area contributed by atoms with Gasteiger partial charge in [0.1, 0.15) is 11.6 Å². The summed E-state index contributed by atoms with van der Waals surface area (Å²) in [6.45, 7) is 5.48. The van der Waals surface area contributed by atoms with Gasteiger partial charge in [-0.05, 0) is 48.7 Å². The van der Waals surface area contributed by atoms with Gasteiger partial charge in [-0.15, -0.1) is 11.3 Å². The molecule has 1 amide bonds. The molecular formula is C25H28FN3O2S. The lowest BCUT2D eigenvalue weighted by Crippen LogP contribution is -2.52. The van der Waals surface area contributed by atoms with E-state index in [9.17, 15) is 9.18 Å². The largest absolute Gasteiger partial charge is 0.495 e. The molecule has 2 unspecified atom stereocenters. The third-order valence-corrected chi connectivity index (χ3v) is 6.83. The molecule has 1 aliphatic heterocycles. The number of carbonyl (C=O) groups excluding carboxylic acids is 1. The van der Waals surface area contributed by atoms with E-state index in [4.69, 9.17) is 4.74 Å². The predicted molar refractivity (Wildman–Crippen MR) is 127 cm³/mol. The molecule has 1 N–H and O–H groups in total. The predicted octanol–water partition coefficient (Wildman–Crippen LogP) is 4.58. The number of anilines is 1. The molecule has 4 rings (SSSR count).